The highest BCUT2D eigenvalue weighted by molar-refractivity contribution is 6.31. The van der Waals surface area contributed by atoms with Crippen molar-refractivity contribution in [2.75, 3.05) is 0 Å². The molecule has 0 amide bonds. The van der Waals surface area contributed by atoms with Gasteiger partial charge in [-0.15, -0.1) is 0 Å². The van der Waals surface area contributed by atoms with Gasteiger partial charge in [0.2, 0.25) is 0 Å². The molecule has 0 aromatic carbocycles. The molecule has 37 heavy (non-hydrogen) atoms. The Bertz CT molecular complexity index is 1550. The number of aromatic nitrogens is 5. The number of halogens is 3. The van der Waals surface area contributed by atoms with E-state index in [-0.39, 0.29) is 34.9 Å². The number of hydrogen-bond acceptors (Lipinski definition) is 6. The van der Waals surface area contributed by atoms with Crippen molar-refractivity contribution < 1.29 is 13.5 Å². The Balaban J connectivity index is 1.56. The van der Waals surface area contributed by atoms with Crippen LogP contribution in [0.4, 0.5) is 8.78 Å². The molecule has 10 heteroatoms. The zero-order valence-corrected chi connectivity index (χ0v) is 21.3. The van der Waals surface area contributed by atoms with E-state index in [1.807, 2.05) is 26.8 Å². The lowest BCUT2D eigenvalue weighted by atomic mass is 10.1. The first-order chi connectivity index (χ1) is 17.7. The average Bonchev–Trinajstić information content (AvgIpc) is 3.72. The van der Waals surface area contributed by atoms with Gasteiger partial charge >= 0.3 is 0 Å². The molecular weight excluding hydrogens is 500 g/mol. The van der Waals surface area contributed by atoms with Gasteiger partial charge in [-0.25, -0.2) is 18.7 Å². The predicted molar refractivity (Wildman–Crippen MR) is 135 cm³/mol. The van der Waals surface area contributed by atoms with E-state index in [9.17, 15) is 13.6 Å². The van der Waals surface area contributed by atoms with Crippen LogP contribution in [0.15, 0.2) is 47.7 Å². The molecule has 190 valence electrons. The third kappa shape index (κ3) is 5.09. The molecule has 0 bridgehead atoms. The maximum Gasteiger partial charge on any atom is 0.277 e. The highest BCUT2D eigenvalue weighted by Crippen LogP contribution is 2.42. The lowest BCUT2D eigenvalue weighted by Crippen LogP contribution is -2.24. The molecule has 0 unspecified atom stereocenters. The summed E-state index contributed by atoms with van der Waals surface area (Å²) in [6.07, 6.45) is 6.13. The van der Waals surface area contributed by atoms with Crippen LogP contribution in [0.3, 0.4) is 0 Å². The first kappa shape index (κ1) is 25.0. The zero-order valence-electron chi connectivity index (χ0n) is 20.5. The number of rotatable bonds is 7. The smallest absolute Gasteiger partial charge is 0.277 e. The van der Waals surface area contributed by atoms with E-state index >= 15 is 0 Å². The lowest BCUT2D eigenvalue weighted by Gasteiger charge is -2.18. The molecule has 4 aromatic heterocycles. The van der Waals surface area contributed by atoms with Gasteiger partial charge in [0, 0.05) is 36.1 Å². The minimum atomic E-state index is -0.836. The predicted octanol–water partition coefficient (Wildman–Crippen LogP) is 5.90. The summed E-state index contributed by atoms with van der Waals surface area (Å²) in [6, 6.07) is 6.05. The number of hydrogen-bond donors (Lipinski definition) is 0. The molecule has 1 saturated carbocycles. The van der Waals surface area contributed by atoms with Crippen LogP contribution in [0.25, 0.3) is 17.1 Å². The molecule has 0 atom stereocenters. The fourth-order valence-electron chi connectivity index (χ4n) is 4.00. The summed E-state index contributed by atoms with van der Waals surface area (Å²) in [6.45, 7) is 5.60. The van der Waals surface area contributed by atoms with Crippen LogP contribution in [0.5, 0.6) is 5.75 Å². The Labute approximate surface area is 217 Å². The Morgan fingerprint density at radius 2 is 1.89 bits per heavy atom. The largest absolute Gasteiger partial charge is 0.485 e. The Morgan fingerprint density at radius 3 is 2.59 bits per heavy atom. The summed E-state index contributed by atoms with van der Waals surface area (Å²) < 4.78 is 34.5. The first-order valence-corrected chi connectivity index (χ1v) is 12.3. The average molecular weight is 524 g/mol. The molecule has 0 saturated heterocycles. The molecule has 4 heterocycles. The Morgan fingerprint density at radius 1 is 1.11 bits per heavy atom. The van der Waals surface area contributed by atoms with Crippen LogP contribution in [0.2, 0.25) is 5.02 Å². The zero-order chi connectivity index (χ0) is 26.3. The van der Waals surface area contributed by atoms with Crippen LogP contribution in [-0.2, 0) is 6.61 Å². The normalized spacial score (nSPS) is 13.3. The second-order valence-corrected chi connectivity index (χ2v) is 9.72. The molecule has 0 spiro atoms. The van der Waals surface area contributed by atoms with Crippen molar-refractivity contribution >= 4 is 11.6 Å². The van der Waals surface area contributed by atoms with Gasteiger partial charge in [0.05, 0.1) is 23.3 Å². The van der Waals surface area contributed by atoms with E-state index in [0.717, 1.165) is 36.4 Å². The number of ether oxygens (including phenoxy) is 1. The number of pyridine rings is 3. The maximum absolute atomic E-state index is 14.0. The molecule has 0 N–H and O–H groups in total. The van der Waals surface area contributed by atoms with Crippen molar-refractivity contribution in [3.05, 3.63) is 92.6 Å². The van der Waals surface area contributed by atoms with Crippen molar-refractivity contribution in [2.45, 2.75) is 52.1 Å². The second-order valence-electron chi connectivity index (χ2n) is 9.34. The van der Waals surface area contributed by atoms with Crippen molar-refractivity contribution in [3.8, 4) is 22.8 Å². The standard InChI is InChI=1S/C27H24ClF2N5O2/c1-14(2)26-31-7-6-19(34-26)20-9-22(15(3)11-32-20)35-23(16-4-5-16)10-24(25(28)27(35)36)37-13-21-18(30)8-17(29)12-33-21/h6-12,14,16H,4-5,13H2,1-3H3. The summed E-state index contributed by atoms with van der Waals surface area (Å²) in [5.74, 6) is -0.493. The van der Waals surface area contributed by atoms with Gasteiger partial charge in [-0.2, -0.15) is 0 Å². The molecule has 5 rings (SSSR count). The highest BCUT2D eigenvalue weighted by atomic mass is 35.5. The molecular formula is C27H24ClF2N5O2. The molecule has 0 radical (unpaired) electrons. The molecule has 1 aliphatic rings. The van der Waals surface area contributed by atoms with Crippen LogP contribution >= 0.6 is 11.6 Å². The van der Waals surface area contributed by atoms with Gasteiger partial charge in [-0.3, -0.25) is 19.3 Å². The summed E-state index contributed by atoms with van der Waals surface area (Å²) in [7, 11) is 0. The van der Waals surface area contributed by atoms with Gasteiger partial charge in [-0.05, 0) is 43.4 Å². The van der Waals surface area contributed by atoms with Gasteiger partial charge < -0.3 is 4.74 Å². The van der Waals surface area contributed by atoms with Gasteiger partial charge in [0.15, 0.2) is 5.82 Å². The number of nitrogens with zero attached hydrogens (tertiary/aromatic N) is 5. The van der Waals surface area contributed by atoms with E-state index < -0.39 is 17.2 Å². The van der Waals surface area contributed by atoms with E-state index in [1.165, 1.54) is 0 Å². The van der Waals surface area contributed by atoms with Gasteiger partial charge in [0.25, 0.3) is 5.56 Å². The maximum atomic E-state index is 14.0. The van der Waals surface area contributed by atoms with Crippen molar-refractivity contribution in [1.29, 1.82) is 0 Å². The minimum Gasteiger partial charge on any atom is -0.485 e. The molecule has 0 aliphatic heterocycles. The van der Waals surface area contributed by atoms with Gasteiger partial charge in [-0.1, -0.05) is 25.4 Å². The Hall–Kier alpha value is -3.72. The fourth-order valence-corrected chi connectivity index (χ4v) is 4.19. The van der Waals surface area contributed by atoms with Crippen molar-refractivity contribution in [3.63, 3.8) is 0 Å². The monoisotopic (exact) mass is 523 g/mol. The van der Waals surface area contributed by atoms with E-state index in [1.54, 1.807) is 29.1 Å². The van der Waals surface area contributed by atoms with E-state index in [0.29, 0.717) is 22.9 Å². The van der Waals surface area contributed by atoms with Crippen LogP contribution in [0.1, 0.15) is 61.3 Å². The summed E-state index contributed by atoms with van der Waals surface area (Å²) in [5.41, 5.74) is 2.88. The van der Waals surface area contributed by atoms with Crippen LogP contribution in [-0.4, -0.2) is 24.5 Å². The molecule has 1 fully saturated rings. The summed E-state index contributed by atoms with van der Waals surface area (Å²) in [5, 5.41) is -0.145. The minimum absolute atomic E-state index is 0.0881. The molecule has 7 nitrogen and oxygen atoms in total. The molecule has 1 aliphatic carbocycles. The van der Waals surface area contributed by atoms with Crippen LogP contribution in [0, 0.1) is 18.6 Å². The third-order valence-electron chi connectivity index (χ3n) is 6.16. The van der Waals surface area contributed by atoms with Crippen molar-refractivity contribution in [2.24, 2.45) is 0 Å². The third-order valence-corrected chi connectivity index (χ3v) is 6.51. The Kier molecular flexibility index (Phi) is 6.72. The van der Waals surface area contributed by atoms with Crippen LogP contribution < -0.4 is 10.3 Å². The SMILES string of the molecule is Cc1cnc(-c2ccnc(C(C)C)n2)cc1-n1c(C2CC2)cc(OCc2ncc(F)cc2F)c(Cl)c1=O. The summed E-state index contributed by atoms with van der Waals surface area (Å²) in [4.78, 5) is 30.8. The van der Waals surface area contributed by atoms with E-state index in [2.05, 4.69) is 19.9 Å². The molecule has 4 aromatic rings. The summed E-state index contributed by atoms with van der Waals surface area (Å²) >= 11 is 6.47. The first-order valence-electron chi connectivity index (χ1n) is 11.9. The second kappa shape index (κ2) is 9.97. The van der Waals surface area contributed by atoms with E-state index in [4.69, 9.17) is 16.3 Å². The number of aryl methyl sites for hydroxylation is 1. The quantitative estimate of drug-likeness (QED) is 0.300. The highest BCUT2D eigenvalue weighted by Gasteiger charge is 2.30. The van der Waals surface area contributed by atoms with Gasteiger partial charge in [0.1, 0.15) is 34.7 Å². The topological polar surface area (TPSA) is 82.8 Å². The fraction of sp³-hybridized carbons (Fsp3) is 0.296. The lowest BCUT2D eigenvalue weighted by molar-refractivity contribution is 0.292. The van der Waals surface area contributed by atoms with Crippen molar-refractivity contribution in [1.82, 2.24) is 24.5 Å².